The molecule has 2 N–H and O–H groups in total. The number of aliphatic hydroxyl groups is 1. The van der Waals surface area contributed by atoms with Gasteiger partial charge in [-0.2, -0.15) is 0 Å². The van der Waals surface area contributed by atoms with E-state index in [0.717, 1.165) is 24.1 Å². The molecule has 1 heterocycles. The Bertz CT molecular complexity index is 402. The van der Waals surface area contributed by atoms with Gasteiger partial charge in [-0.05, 0) is 31.9 Å². The van der Waals surface area contributed by atoms with Gasteiger partial charge < -0.3 is 10.4 Å². The van der Waals surface area contributed by atoms with Crippen LogP contribution in [0.1, 0.15) is 35.4 Å². The van der Waals surface area contributed by atoms with Crippen molar-refractivity contribution in [3.05, 3.63) is 21.9 Å². The van der Waals surface area contributed by atoms with Gasteiger partial charge in [0.2, 0.25) is 5.91 Å². The largest absolute Gasteiger partial charge is 0.396 e. The van der Waals surface area contributed by atoms with E-state index in [4.69, 9.17) is 0 Å². The fourth-order valence-electron chi connectivity index (χ4n) is 2.61. The maximum Gasteiger partial charge on any atom is 0.225 e. The van der Waals surface area contributed by atoms with E-state index in [0.29, 0.717) is 6.42 Å². The van der Waals surface area contributed by atoms with E-state index in [2.05, 4.69) is 12.2 Å². The van der Waals surface area contributed by atoms with Gasteiger partial charge >= 0.3 is 0 Å². The Labute approximate surface area is 112 Å². The van der Waals surface area contributed by atoms with Gasteiger partial charge in [0.05, 0.1) is 6.42 Å². The fourth-order valence-corrected chi connectivity index (χ4v) is 3.50. The summed E-state index contributed by atoms with van der Waals surface area (Å²) in [4.78, 5) is 14.3. The van der Waals surface area contributed by atoms with Crippen LogP contribution in [0.2, 0.25) is 0 Å². The van der Waals surface area contributed by atoms with Crippen LogP contribution < -0.4 is 5.32 Å². The summed E-state index contributed by atoms with van der Waals surface area (Å²) >= 11 is 1.67. The molecule has 2 unspecified atom stereocenters. The summed E-state index contributed by atoms with van der Waals surface area (Å²) in [6, 6.07) is 4.23. The minimum atomic E-state index is 0.0854. The molecule has 0 bridgehead atoms. The first-order chi connectivity index (χ1) is 8.69. The SMILES string of the molecule is Cc1ccc(CC(=O)NC2CCCCC2CO)s1. The Morgan fingerprint density at radius 3 is 2.89 bits per heavy atom. The summed E-state index contributed by atoms with van der Waals surface area (Å²) in [5.41, 5.74) is 0. The van der Waals surface area contributed by atoms with Crippen molar-refractivity contribution in [3.8, 4) is 0 Å². The summed E-state index contributed by atoms with van der Waals surface area (Å²) < 4.78 is 0. The van der Waals surface area contributed by atoms with Crippen LogP contribution in [0.25, 0.3) is 0 Å². The summed E-state index contributed by atoms with van der Waals surface area (Å²) in [6.07, 6.45) is 4.81. The standard InChI is InChI=1S/C14H21NO2S/c1-10-6-7-12(18-10)8-14(17)15-13-5-3-2-4-11(13)9-16/h6-7,11,13,16H,2-5,8-9H2,1H3,(H,15,17). The topological polar surface area (TPSA) is 49.3 Å². The lowest BCUT2D eigenvalue weighted by atomic mass is 9.85. The number of hydrogen-bond acceptors (Lipinski definition) is 3. The molecule has 1 aliphatic rings. The highest BCUT2D eigenvalue weighted by molar-refractivity contribution is 7.12. The van der Waals surface area contributed by atoms with Gasteiger partial charge in [-0.1, -0.05) is 12.8 Å². The second-order valence-electron chi connectivity index (χ2n) is 5.09. The Balaban J connectivity index is 1.86. The summed E-state index contributed by atoms with van der Waals surface area (Å²) in [5.74, 6) is 0.329. The van der Waals surface area contributed by atoms with Crippen LogP contribution in [0, 0.1) is 12.8 Å². The Hall–Kier alpha value is -0.870. The third-order valence-electron chi connectivity index (χ3n) is 3.62. The smallest absolute Gasteiger partial charge is 0.225 e. The number of carbonyl (C=O) groups is 1. The summed E-state index contributed by atoms with van der Waals surface area (Å²) in [7, 11) is 0. The maximum absolute atomic E-state index is 12.0. The van der Waals surface area contributed by atoms with Gasteiger partial charge in [0.25, 0.3) is 0 Å². The molecular weight excluding hydrogens is 246 g/mol. The molecule has 1 aromatic rings. The van der Waals surface area contributed by atoms with Crippen LogP contribution in [0.5, 0.6) is 0 Å². The number of amides is 1. The maximum atomic E-state index is 12.0. The van der Waals surface area contributed by atoms with Gasteiger partial charge in [0, 0.05) is 28.3 Å². The zero-order valence-electron chi connectivity index (χ0n) is 10.8. The van der Waals surface area contributed by atoms with Gasteiger partial charge in [0.15, 0.2) is 0 Å². The molecule has 1 aromatic heterocycles. The van der Waals surface area contributed by atoms with Crippen LogP contribution in [-0.2, 0) is 11.2 Å². The normalized spacial score (nSPS) is 23.9. The second-order valence-corrected chi connectivity index (χ2v) is 6.46. The lowest BCUT2D eigenvalue weighted by Crippen LogP contribution is -2.43. The minimum absolute atomic E-state index is 0.0854. The average Bonchev–Trinajstić information content (AvgIpc) is 2.75. The van der Waals surface area contributed by atoms with Crippen LogP contribution in [-0.4, -0.2) is 23.7 Å². The van der Waals surface area contributed by atoms with Crippen LogP contribution in [0.15, 0.2) is 12.1 Å². The molecule has 100 valence electrons. The van der Waals surface area contributed by atoms with Crippen molar-refractivity contribution in [1.82, 2.24) is 5.32 Å². The zero-order valence-corrected chi connectivity index (χ0v) is 11.6. The second kappa shape index (κ2) is 6.34. The molecule has 1 aliphatic carbocycles. The first kappa shape index (κ1) is 13.6. The molecule has 2 atom stereocenters. The molecule has 1 amide bonds. The number of aryl methyl sites for hydroxylation is 1. The van der Waals surface area contributed by atoms with Gasteiger partial charge in [0.1, 0.15) is 0 Å². The predicted octanol–water partition coefficient (Wildman–Crippen LogP) is 2.27. The van der Waals surface area contributed by atoms with E-state index in [1.807, 2.05) is 12.1 Å². The lowest BCUT2D eigenvalue weighted by molar-refractivity contribution is -0.121. The van der Waals surface area contributed by atoms with Crippen LogP contribution in [0.4, 0.5) is 0 Å². The molecule has 18 heavy (non-hydrogen) atoms. The van der Waals surface area contributed by atoms with E-state index in [1.54, 1.807) is 11.3 Å². The van der Waals surface area contributed by atoms with E-state index in [9.17, 15) is 9.90 Å². The zero-order chi connectivity index (χ0) is 13.0. The molecule has 0 saturated heterocycles. The predicted molar refractivity (Wildman–Crippen MR) is 73.7 cm³/mol. The average molecular weight is 267 g/mol. The van der Waals surface area contributed by atoms with Crippen LogP contribution in [0.3, 0.4) is 0 Å². The monoisotopic (exact) mass is 267 g/mol. The molecule has 0 aromatic carbocycles. The number of carbonyl (C=O) groups excluding carboxylic acids is 1. The van der Waals surface area contributed by atoms with Crippen molar-refractivity contribution in [2.75, 3.05) is 6.61 Å². The van der Waals surface area contributed by atoms with Crippen molar-refractivity contribution in [2.24, 2.45) is 5.92 Å². The molecule has 0 radical (unpaired) electrons. The van der Waals surface area contributed by atoms with Crippen molar-refractivity contribution >= 4 is 17.2 Å². The van der Waals surface area contributed by atoms with E-state index in [-0.39, 0.29) is 24.5 Å². The Morgan fingerprint density at radius 1 is 1.44 bits per heavy atom. The molecule has 3 nitrogen and oxygen atoms in total. The number of thiophene rings is 1. The number of aliphatic hydroxyl groups excluding tert-OH is 1. The van der Waals surface area contributed by atoms with Crippen molar-refractivity contribution in [3.63, 3.8) is 0 Å². The number of nitrogens with one attached hydrogen (secondary N) is 1. The highest BCUT2D eigenvalue weighted by Crippen LogP contribution is 2.24. The first-order valence-electron chi connectivity index (χ1n) is 6.64. The molecule has 2 rings (SSSR count). The van der Waals surface area contributed by atoms with Crippen LogP contribution >= 0.6 is 11.3 Å². The van der Waals surface area contributed by atoms with E-state index < -0.39 is 0 Å². The molecule has 1 saturated carbocycles. The summed E-state index contributed by atoms with van der Waals surface area (Å²) in [6.45, 7) is 2.23. The van der Waals surface area contributed by atoms with Gasteiger partial charge in [-0.15, -0.1) is 11.3 Å². The first-order valence-corrected chi connectivity index (χ1v) is 7.46. The molecule has 1 fully saturated rings. The highest BCUT2D eigenvalue weighted by Gasteiger charge is 2.25. The molecule has 0 spiro atoms. The van der Waals surface area contributed by atoms with Gasteiger partial charge in [-0.25, -0.2) is 0 Å². The number of rotatable bonds is 4. The molecule has 0 aliphatic heterocycles. The highest BCUT2D eigenvalue weighted by atomic mass is 32.1. The fraction of sp³-hybridized carbons (Fsp3) is 0.643. The third kappa shape index (κ3) is 3.56. The lowest BCUT2D eigenvalue weighted by Gasteiger charge is -2.30. The Kier molecular flexibility index (Phi) is 4.78. The van der Waals surface area contributed by atoms with Crippen molar-refractivity contribution in [2.45, 2.75) is 45.1 Å². The number of hydrogen-bond donors (Lipinski definition) is 2. The van der Waals surface area contributed by atoms with Gasteiger partial charge in [-0.3, -0.25) is 4.79 Å². The van der Waals surface area contributed by atoms with Crippen molar-refractivity contribution in [1.29, 1.82) is 0 Å². The molecule has 4 heteroatoms. The minimum Gasteiger partial charge on any atom is -0.396 e. The van der Waals surface area contributed by atoms with E-state index in [1.165, 1.54) is 11.3 Å². The van der Waals surface area contributed by atoms with Crippen molar-refractivity contribution < 1.29 is 9.90 Å². The third-order valence-corrected chi connectivity index (χ3v) is 4.62. The molecular formula is C14H21NO2S. The summed E-state index contributed by atoms with van der Waals surface area (Å²) in [5, 5.41) is 12.4. The Morgan fingerprint density at radius 2 is 2.22 bits per heavy atom. The van der Waals surface area contributed by atoms with E-state index >= 15 is 0 Å². The quantitative estimate of drug-likeness (QED) is 0.879.